The molecular weight excluding hydrogens is 466 g/mol. The molecule has 2 amide bonds. The standard InChI is InChI=1S/C30H39N3O4/c1-29(2,3)20-36-28(35)33-16-12-30(13-17-33)19-24-18-23(6-9-26(24)37-30)21-4-7-25(8-5-21)32-27(34)22-10-14-31-15-11-22/h4-9,18,22,31H,10-17,19-20H2,1-3H3,(H,32,34). The van der Waals surface area contributed by atoms with E-state index in [9.17, 15) is 9.59 Å². The lowest BCUT2D eigenvalue weighted by Gasteiger charge is -2.38. The first-order valence-electron chi connectivity index (χ1n) is 13.6. The van der Waals surface area contributed by atoms with E-state index < -0.39 is 0 Å². The van der Waals surface area contributed by atoms with Crippen molar-refractivity contribution in [3.05, 3.63) is 48.0 Å². The van der Waals surface area contributed by atoms with Gasteiger partial charge in [-0.15, -0.1) is 0 Å². The summed E-state index contributed by atoms with van der Waals surface area (Å²) in [6.07, 6.45) is 4.01. The van der Waals surface area contributed by atoms with Gasteiger partial charge in [-0.1, -0.05) is 39.0 Å². The maximum atomic E-state index is 12.5. The van der Waals surface area contributed by atoms with Crippen LogP contribution in [0, 0.1) is 11.3 Å². The van der Waals surface area contributed by atoms with Gasteiger partial charge in [-0.25, -0.2) is 4.79 Å². The summed E-state index contributed by atoms with van der Waals surface area (Å²) >= 11 is 0. The molecule has 198 valence electrons. The highest BCUT2D eigenvalue weighted by molar-refractivity contribution is 5.92. The van der Waals surface area contributed by atoms with E-state index in [4.69, 9.17) is 9.47 Å². The molecule has 3 heterocycles. The molecule has 3 aliphatic rings. The molecular formula is C30H39N3O4. The van der Waals surface area contributed by atoms with Gasteiger partial charge in [0, 0.05) is 44.0 Å². The van der Waals surface area contributed by atoms with Crippen LogP contribution in [0.3, 0.4) is 0 Å². The molecule has 0 atom stereocenters. The number of amides is 2. The molecule has 2 fully saturated rings. The van der Waals surface area contributed by atoms with Gasteiger partial charge in [0.25, 0.3) is 0 Å². The summed E-state index contributed by atoms with van der Waals surface area (Å²) < 4.78 is 12.0. The van der Waals surface area contributed by atoms with Crippen LogP contribution in [0.4, 0.5) is 10.5 Å². The fourth-order valence-electron chi connectivity index (χ4n) is 5.43. The molecule has 0 aromatic heterocycles. The maximum Gasteiger partial charge on any atom is 0.409 e. The molecule has 0 aliphatic carbocycles. The monoisotopic (exact) mass is 505 g/mol. The first-order chi connectivity index (χ1) is 17.7. The highest BCUT2D eigenvalue weighted by Crippen LogP contribution is 2.42. The highest BCUT2D eigenvalue weighted by atomic mass is 16.6. The predicted octanol–water partition coefficient (Wildman–Crippen LogP) is 5.24. The van der Waals surface area contributed by atoms with Crippen molar-refractivity contribution in [1.82, 2.24) is 10.2 Å². The van der Waals surface area contributed by atoms with E-state index in [1.54, 1.807) is 4.90 Å². The second kappa shape index (κ2) is 10.4. The molecule has 7 nitrogen and oxygen atoms in total. The number of nitrogens with zero attached hydrogens (tertiary/aromatic N) is 1. The molecule has 2 N–H and O–H groups in total. The Hall–Kier alpha value is -3.06. The number of rotatable bonds is 4. The molecule has 0 unspecified atom stereocenters. The Morgan fingerprint density at radius 1 is 1.05 bits per heavy atom. The number of likely N-dealkylation sites (tertiary alicyclic amines) is 1. The average Bonchev–Trinajstić information content (AvgIpc) is 3.25. The fraction of sp³-hybridized carbons (Fsp3) is 0.533. The van der Waals surface area contributed by atoms with E-state index in [0.29, 0.717) is 19.7 Å². The molecule has 7 heteroatoms. The van der Waals surface area contributed by atoms with Gasteiger partial charge >= 0.3 is 6.09 Å². The third-order valence-corrected chi connectivity index (χ3v) is 7.66. The number of nitrogens with one attached hydrogen (secondary N) is 2. The van der Waals surface area contributed by atoms with Gasteiger partial charge in [0.1, 0.15) is 11.4 Å². The lowest BCUT2D eigenvalue weighted by molar-refractivity contribution is -0.120. The molecule has 0 radical (unpaired) electrons. The Labute approximate surface area is 219 Å². The number of ether oxygens (including phenoxy) is 2. The van der Waals surface area contributed by atoms with Crippen LogP contribution in [0.15, 0.2) is 42.5 Å². The number of carbonyl (C=O) groups is 2. The van der Waals surface area contributed by atoms with E-state index in [-0.39, 0.29) is 28.9 Å². The number of carbonyl (C=O) groups excluding carboxylic acids is 2. The number of anilines is 1. The molecule has 0 bridgehead atoms. The first kappa shape index (κ1) is 25.6. The van der Waals surface area contributed by atoms with Gasteiger partial charge in [0.2, 0.25) is 5.91 Å². The van der Waals surface area contributed by atoms with Crippen molar-refractivity contribution in [2.75, 3.05) is 38.1 Å². The van der Waals surface area contributed by atoms with Crippen molar-refractivity contribution < 1.29 is 19.1 Å². The van der Waals surface area contributed by atoms with Crippen molar-refractivity contribution >= 4 is 17.7 Å². The topological polar surface area (TPSA) is 79.9 Å². The minimum atomic E-state index is -0.245. The van der Waals surface area contributed by atoms with E-state index >= 15 is 0 Å². The normalized spacial score (nSPS) is 19.3. The van der Waals surface area contributed by atoms with Gasteiger partial charge in [-0.05, 0) is 72.3 Å². The van der Waals surface area contributed by atoms with Crippen LogP contribution in [0.5, 0.6) is 5.75 Å². The van der Waals surface area contributed by atoms with E-state index in [0.717, 1.165) is 67.8 Å². The zero-order valence-corrected chi connectivity index (χ0v) is 22.3. The maximum absolute atomic E-state index is 12.5. The van der Waals surface area contributed by atoms with E-state index in [2.05, 4.69) is 61.7 Å². The number of hydrogen-bond acceptors (Lipinski definition) is 5. The van der Waals surface area contributed by atoms with E-state index in [1.165, 1.54) is 5.56 Å². The van der Waals surface area contributed by atoms with Crippen molar-refractivity contribution in [3.8, 4) is 16.9 Å². The van der Waals surface area contributed by atoms with Crippen molar-refractivity contribution in [3.63, 3.8) is 0 Å². The number of benzene rings is 2. The summed E-state index contributed by atoms with van der Waals surface area (Å²) in [6.45, 7) is 9.71. The molecule has 2 saturated heterocycles. The Bertz CT molecular complexity index is 1120. The predicted molar refractivity (Wildman–Crippen MR) is 145 cm³/mol. The fourth-order valence-corrected chi connectivity index (χ4v) is 5.43. The summed E-state index contributed by atoms with van der Waals surface area (Å²) in [6, 6.07) is 14.5. The Morgan fingerprint density at radius 2 is 1.73 bits per heavy atom. The lowest BCUT2D eigenvalue weighted by atomic mass is 9.86. The van der Waals surface area contributed by atoms with Crippen molar-refractivity contribution in [2.45, 2.75) is 58.5 Å². The average molecular weight is 506 g/mol. The molecule has 2 aromatic rings. The molecule has 0 saturated carbocycles. The molecule has 37 heavy (non-hydrogen) atoms. The summed E-state index contributed by atoms with van der Waals surface area (Å²) in [5.41, 5.74) is 4.01. The lowest BCUT2D eigenvalue weighted by Crippen LogP contribution is -2.49. The smallest absolute Gasteiger partial charge is 0.409 e. The van der Waals surface area contributed by atoms with Crippen molar-refractivity contribution in [1.29, 1.82) is 0 Å². The SMILES string of the molecule is CC(C)(C)COC(=O)N1CCC2(CC1)Cc1cc(-c3ccc(NC(=O)C4CCNCC4)cc3)ccc1O2. The van der Waals surface area contributed by atoms with Crippen molar-refractivity contribution in [2.24, 2.45) is 11.3 Å². The third-order valence-electron chi connectivity index (χ3n) is 7.66. The molecule has 1 spiro atoms. The van der Waals surface area contributed by atoms with Crippen LogP contribution in [-0.2, 0) is 16.0 Å². The van der Waals surface area contributed by atoms with E-state index in [1.807, 2.05) is 12.1 Å². The number of piperidine rings is 2. The second-order valence-corrected chi connectivity index (χ2v) is 12.0. The van der Waals surface area contributed by atoms with Crippen LogP contribution in [0.2, 0.25) is 0 Å². The minimum absolute atomic E-state index is 0.0400. The van der Waals surface area contributed by atoms with Crippen LogP contribution in [0.25, 0.3) is 11.1 Å². The molecule has 2 aromatic carbocycles. The van der Waals surface area contributed by atoms with Crippen LogP contribution in [0.1, 0.15) is 52.0 Å². The van der Waals surface area contributed by atoms with Crippen LogP contribution in [-0.4, -0.2) is 55.3 Å². The highest BCUT2D eigenvalue weighted by Gasteiger charge is 2.43. The first-order valence-corrected chi connectivity index (χ1v) is 13.6. The third kappa shape index (κ3) is 6.09. The molecule has 5 rings (SSSR count). The summed E-state index contributed by atoms with van der Waals surface area (Å²) in [7, 11) is 0. The molecule has 3 aliphatic heterocycles. The van der Waals surface area contributed by atoms with Gasteiger partial charge in [0.05, 0.1) is 6.61 Å². The Kier molecular flexibility index (Phi) is 7.17. The van der Waals surface area contributed by atoms with Gasteiger partial charge in [-0.2, -0.15) is 0 Å². The van der Waals surface area contributed by atoms with Gasteiger partial charge in [0.15, 0.2) is 0 Å². The van der Waals surface area contributed by atoms with Gasteiger partial charge in [-0.3, -0.25) is 4.79 Å². The minimum Gasteiger partial charge on any atom is -0.487 e. The van der Waals surface area contributed by atoms with Crippen LogP contribution >= 0.6 is 0 Å². The number of fused-ring (bicyclic) bond motifs is 1. The summed E-state index contributed by atoms with van der Waals surface area (Å²) in [4.78, 5) is 26.8. The Balaban J connectivity index is 1.18. The summed E-state index contributed by atoms with van der Waals surface area (Å²) in [5, 5.41) is 6.38. The second-order valence-electron chi connectivity index (χ2n) is 12.0. The van der Waals surface area contributed by atoms with Crippen LogP contribution < -0.4 is 15.4 Å². The van der Waals surface area contributed by atoms with Gasteiger partial charge < -0.3 is 25.0 Å². The quantitative estimate of drug-likeness (QED) is 0.594. The summed E-state index contributed by atoms with van der Waals surface area (Å²) in [5.74, 6) is 1.15. The Morgan fingerprint density at radius 3 is 2.41 bits per heavy atom. The zero-order chi connectivity index (χ0) is 26.0. The largest absolute Gasteiger partial charge is 0.487 e. The zero-order valence-electron chi connectivity index (χ0n) is 22.3. The number of hydrogen-bond donors (Lipinski definition) is 2.